The summed E-state index contributed by atoms with van der Waals surface area (Å²) in [7, 11) is -1.68. The maximum absolute atomic E-state index is 6.42. The first-order valence-corrected chi connectivity index (χ1v) is 9.47. The molecular weight excluding hydrogens is 224 g/mol. The summed E-state index contributed by atoms with van der Waals surface area (Å²) < 4.78 is 6.42. The summed E-state index contributed by atoms with van der Waals surface area (Å²) in [6.45, 7) is 21.3. The van der Waals surface area contributed by atoms with Crippen molar-refractivity contribution < 1.29 is 4.43 Å². The standard InChI is InChI=1S/C15H30OSi/c1-9-10-11-12-14(13(2)3)16-17(7,8)15(4,5)6/h9,14H,1-2,10-12H2,3-8H3/t14-/m1/s1. The third kappa shape index (κ3) is 5.69. The topological polar surface area (TPSA) is 9.23 Å². The van der Waals surface area contributed by atoms with Crippen LogP contribution in [-0.4, -0.2) is 14.4 Å². The summed E-state index contributed by atoms with van der Waals surface area (Å²) in [4.78, 5) is 0. The van der Waals surface area contributed by atoms with Gasteiger partial charge >= 0.3 is 0 Å². The first-order valence-electron chi connectivity index (χ1n) is 6.56. The van der Waals surface area contributed by atoms with Crippen LogP contribution in [0.25, 0.3) is 0 Å². The van der Waals surface area contributed by atoms with E-state index in [1.165, 1.54) is 0 Å². The second-order valence-corrected chi connectivity index (χ2v) is 11.2. The van der Waals surface area contributed by atoms with Crippen molar-refractivity contribution in [3.8, 4) is 0 Å². The van der Waals surface area contributed by atoms with Gasteiger partial charge in [-0.05, 0) is 44.3 Å². The molecule has 0 aliphatic rings. The Bertz CT molecular complexity index is 261. The summed E-state index contributed by atoms with van der Waals surface area (Å²) in [5, 5.41) is 0.263. The van der Waals surface area contributed by atoms with Gasteiger partial charge in [0.2, 0.25) is 0 Å². The van der Waals surface area contributed by atoms with Crippen molar-refractivity contribution in [1.82, 2.24) is 0 Å². The molecule has 0 saturated heterocycles. The van der Waals surface area contributed by atoms with Crippen LogP contribution in [0.5, 0.6) is 0 Å². The van der Waals surface area contributed by atoms with Gasteiger partial charge in [0.15, 0.2) is 8.32 Å². The van der Waals surface area contributed by atoms with Crippen molar-refractivity contribution in [2.45, 2.75) is 71.2 Å². The third-order valence-corrected chi connectivity index (χ3v) is 8.15. The Hall–Kier alpha value is -0.343. The lowest BCUT2D eigenvalue weighted by Crippen LogP contribution is -2.44. The molecular formula is C15H30OSi. The van der Waals surface area contributed by atoms with Crippen LogP contribution in [0.2, 0.25) is 18.1 Å². The molecule has 0 heterocycles. The van der Waals surface area contributed by atoms with E-state index in [1.807, 2.05) is 6.08 Å². The second-order valence-electron chi connectivity index (χ2n) is 6.43. The molecule has 0 aromatic heterocycles. The lowest BCUT2D eigenvalue weighted by molar-refractivity contribution is 0.202. The molecule has 0 aromatic carbocycles. The van der Waals surface area contributed by atoms with Crippen LogP contribution in [0, 0.1) is 0 Å². The molecule has 0 saturated carbocycles. The third-order valence-electron chi connectivity index (χ3n) is 3.67. The minimum Gasteiger partial charge on any atom is -0.410 e. The van der Waals surface area contributed by atoms with E-state index in [0.29, 0.717) is 0 Å². The highest BCUT2D eigenvalue weighted by molar-refractivity contribution is 6.74. The quantitative estimate of drug-likeness (QED) is 0.340. The zero-order valence-electron chi connectivity index (χ0n) is 12.6. The molecule has 2 heteroatoms. The molecule has 100 valence electrons. The normalized spacial score (nSPS) is 14.5. The fourth-order valence-corrected chi connectivity index (χ4v) is 2.77. The van der Waals surface area contributed by atoms with Gasteiger partial charge in [-0.25, -0.2) is 0 Å². The van der Waals surface area contributed by atoms with Crippen LogP contribution >= 0.6 is 0 Å². The van der Waals surface area contributed by atoms with Gasteiger partial charge in [-0.3, -0.25) is 0 Å². The maximum Gasteiger partial charge on any atom is 0.192 e. The Balaban J connectivity index is 4.54. The van der Waals surface area contributed by atoms with Crippen molar-refractivity contribution in [3.63, 3.8) is 0 Å². The summed E-state index contributed by atoms with van der Waals surface area (Å²) in [5.41, 5.74) is 1.15. The van der Waals surface area contributed by atoms with E-state index in [1.54, 1.807) is 0 Å². The molecule has 0 N–H and O–H groups in total. The number of rotatable bonds is 7. The average Bonchev–Trinajstić information content (AvgIpc) is 2.14. The molecule has 0 spiro atoms. The monoisotopic (exact) mass is 254 g/mol. The van der Waals surface area contributed by atoms with E-state index in [0.717, 1.165) is 24.8 Å². The van der Waals surface area contributed by atoms with Crippen LogP contribution < -0.4 is 0 Å². The van der Waals surface area contributed by atoms with E-state index in [4.69, 9.17) is 4.43 Å². The predicted octanol–water partition coefficient (Wildman–Crippen LogP) is 5.31. The lowest BCUT2D eigenvalue weighted by atomic mass is 10.1. The van der Waals surface area contributed by atoms with E-state index in [2.05, 4.69) is 53.9 Å². The maximum atomic E-state index is 6.42. The minimum atomic E-state index is -1.68. The number of hydrogen-bond donors (Lipinski definition) is 0. The van der Waals surface area contributed by atoms with Gasteiger partial charge in [0.25, 0.3) is 0 Å². The average molecular weight is 254 g/mol. The Morgan fingerprint density at radius 1 is 1.35 bits per heavy atom. The van der Waals surface area contributed by atoms with Crippen LogP contribution in [0.15, 0.2) is 24.8 Å². The van der Waals surface area contributed by atoms with Gasteiger partial charge in [-0.15, -0.1) is 6.58 Å². The van der Waals surface area contributed by atoms with Crippen LogP contribution in [0.4, 0.5) is 0 Å². The SMILES string of the molecule is C=CCCC[C@@H](O[Si](C)(C)C(C)(C)C)C(=C)C. The number of allylic oxidation sites excluding steroid dienone is 1. The molecule has 0 rings (SSSR count). The Kier molecular flexibility index (Phi) is 6.42. The molecule has 0 unspecified atom stereocenters. The number of unbranched alkanes of at least 4 members (excludes halogenated alkanes) is 1. The van der Waals surface area contributed by atoms with E-state index in [-0.39, 0.29) is 11.1 Å². The minimum absolute atomic E-state index is 0.218. The molecule has 0 fully saturated rings. The largest absolute Gasteiger partial charge is 0.410 e. The summed E-state index contributed by atoms with van der Waals surface area (Å²) in [5.74, 6) is 0. The fourth-order valence-electron chi connectivity index (χ4n) is 1.39. The Labute approximate surface area is 109 Å². The van der Waals surface area contributed by atoms with Crippen LogP contribution in [0.1, 0.15) is 47.0 Å². The molecule has 0 aliphatic heterocycles. The molecule has 0 amide bonds. The molecule has 0 aliphatic carbocycles. The van der Waals surface area contributed by atoms with Gasteiger partial charge in [0, 0.05) is 0 Å². The molecule has 1 nitrogen and oxygen atoms in total. The molecule has 0 aromatic rings. The summed E-state index contributed by atoms with van der Waals surface area (Å²) in [6, 6.07) is 0. The highest BCUT2D eigenvalue weighted by atomic mass is 28.4. The fraction of sp³-hybridized carbons (Fsp3) is 0.733. The highest BCUT2D eigenvalue weighted by Gasteiger charge is 2.39. The van der Waals surface area contributed by atoms with E-state index >= 15 is 0 Å². The van der Waals surface area contributed by atoms with Crippen LogP contribution in [0.3, 0.4) is 0 Å². The van der Waals surface area contributed by atoms with Crippen molar-refractivity contribution in [3.05, 3.63) is 24.8 Å². The molecule has 0 bridgehead atoms. The number of hydrogen-bond acceptors (Lipinski definition) is 1. The first kappa shape index (κ1) is 16.7. The van der Waals surface area contributed by atoms with Gasteiger partial charge in [-0.2, -0.15) is 0 Å². The lowest BCUT2D eigenvalue weighted by Gasteiger charge is -2.39. The summed E-state index contributed by atoms with van der Waals surface area (Å²) >= 11 is 0. The van der Waals surface area contributed by atoms with Crippen molar-refractivity contribution in [2.24, 2.45) is 0 Å². The van der Waals surface area contributed by atoms with E-state index in [9.17, 15) is 0 Å². The molecule has 17 heavy (non-hydrogen) atoms. The Morgan fingerprint density at radius 2 is 1.88 bits per heavy atom. The highest BCUT2D eigenvalue weighted by Crippen LogP contribution is 2.38. The smallest absolute Gasteiger partial charge is 0.192 e. The predicted molar refractivity (Wildman–Crippen MR) is 80.9 cm³/mol. The second kappa shape index (κ2) is 6.55. The van der Waals surface area contributed by atoms with Gasteiger partial charge < -0.3 is 4.43 Å². The van der Waals surface area contributed by atoms with Crippen molar-refractivity contribution >= 4 is 8.32 Å². The zero-order chi connectivity index (χ0) is 13.7. The van der Waals surface area contributed by atoms with Crippen molar-refractivity contribution in [1.29, 1.82) is 0 Å². The van der Waals surface area contributed by atoms with Gasteiger partial charge in [-0.1, -0.05) is 39.0 Å². The summed E-state index contributed by atoms with van der Waals surface area (Å²) in [6.07, 6.45) is 5.45. The van der Waals surface area contributed by atoms with Crippen LogP contribution in [-0.2, 0) is 4.43 Å². The first-order chi connectivity index (χ1) is 7.62. The molecule has 0 radical (unpaired) electrons. The van der Waals surface area contributed by atoms with E-state index < -0.39 is 8.32 Å². The Morgan fingerprint density at radius 3 is 2.24 bits per heavy atom. The van der Waals surface area contributed by atoms with Crippen molar-refractivity contribution in [2.75, 3.05) is 0 Å². The van der Waals surface area contributed by atoms with Gasteiger partial charge in [0.05, 0.1) is 6.10 Å². The zero-order valence-corrected chi connectivity index (χ0v) is 13.6. The van der Waals surface area contributed by atoms with Gasteiger partial charge in [0.1, 0.15) is 0 Å². The molecule has 1 atom stereocenters.